The molecule has 0 radical (unpaired) electrons. The van der Waals surface area contributed by atoms with E-state index in [1.54, 1.807) is 7.05 Å². The fraction of sp³-hybridized carbons (Fsp3) is 0.619. The van der Waals surface area contributed by atoms with Gasteiger partial charge in [-0.2, -0.15) is 0 Å². The van der Waals surface area contributed by atoms with Gasteiger partial charge in [0.25, 0.3) is 0 Å². The lowest BCUT2D eigenvalue weighted by Crippen LogP contribution is -2.51. The third-order valence-corrected chi connectivity index (χ3v) is 5.90. The number of guanidine groups is 1. The van der Waals surface area contributed by atoms with Crippen LogP contribution in [0.5, 0.6) is 0 Å². The first-order valence-corrected chi connectivity index (χ1v) is 10.0. The number of hydrogen-bond acceptors (Lipinski definition) is 2. The Labute approximate surface area is 157 Å². The van der Waals surface area contributed by atoms with Crippen LogP contribution in [0.3, 0.4) is 0 Å². The Balaban J connectivity index is 1.45. The van der Waals surface area contributed by atoms with Crippen LogP contribution in [0.15, 0.2) is 35.3 Å². The van der Waals surface area contributed by atoms with Gasteiger partial charge in [0, 0.05) is 25.0 Å². The summed E-state index contributed by atoms with van der Waals surface area (Å²) in [6, 6.07) is 11.1. The lowest BCUT2D eigenvalue weighted by molar-refractivity contribution is -0.120. The van der Waals surface area contributed by atoms with Crippen LogP contribution in [-0.2, 0) is 10.2 Å². The molecule has 0 aromatic heterocycles. The third-order valence-electron chi connectivity index (χ3n) is 5.90. The van der Waals surface area contributed by atoms with Crippen LogP contribution in [-0.4, -0.2) is 38.0 Å². The molecule has 0 atom stereocenters. The van der Waals surface area contributed by atoms with E-state index in [0.717, 1.165) is 19.4 Å². The first kappa shape index (κ1) is 18.7. The molecule has 3 N–H and O–H groups in total. The summed E-state index contributed by atoms with van der Waals surface area (Å²) in [4.78, 5) is 16.4. The number of amides is 1. The molecule has 5 heteroatoms. The maximum atomic E-state index is 12.2. The maximum Gasteiger partial charge on any atom is 0.239 e. The summed E-state index contributed by atoms with van der Waals surface area (Å²) in [5, 5.41) is 9.72. The Morgan fingerprint density at radius 1 is 1.08 bits per heavy atom. The van der Waals surface area contributed by atoms with Gasteiger partial charge in [-0.1, -0.05) is 56.0 Å². The van der Waals surface area contributed by atoms with Gasteiger partial charge in [-0.05, 0) is 31.2 Å². The molecular formula is C21H32N4O. The highest BCUT2D eigenvalue weighted by atomic mass is 16.2. The first-order valence-electron chi connectivity index (χ1n) is 10.0. The summed E-state index contributed by atoms with van der Waals surface area (Å²) in [6.07, 6.45) is 9.63. The van der Waals surface area contributed by atoms with Crippen molar-refractivity contribution in [1.29, 1.82) is 0 Å². The lowest BCUT2D eigenvalue weighted by atomic mass is 9.64. The molecule has 2 aliphatic carbocycles. The van der Waals surface area contributed by atoms with Gasteiger partial charge < -0.3 is 16.0 Å². The minimum Gasteiger partial charge on any atom is -0.356 e. The van der Waals surface area contributed by atoms with Crippen LogP contribution in [0.25, 0.3) is 0 Å². The molecule has 0 heterocycles. The SMILES string of the molecule is CN=C(NCC(=O)NC1CCCCC1)NCC1(c2ccccc2)CCC1. The summed E-state index contributed by atoms with van der Waals surface area (Å²) >= 11 is 0. The highest BCUT2D eigenvalue weighted by Gasteiger charge is 2.38. The van der Waals surface area contributed by atoms with Crippen molar-refractivity contribution in [2.45, 2.75) is 62.8 Å². The third kappa shape index (κ3) is 4.77. The van der Waals surface area contributed by atoms with Gasteiger partial charge in [0.1, 0.15) is 0 Å². The number of benzene rings is 1. The van der Waals surface area contributed by atoms with Crippen LogP contribution in [0.2, 0.25) is 0 Å². The Hall–Kier alpha value is -2.04. The zero-order chi connectivity index (χ0) is 18.2. The summed E-state index contributed by atoms with van der Waals surface area (Å²) in [5.41, 5.74) is 1.59. The zero-order valence-electron chi connectivity index (χ0n) is 15.9. The second kappa shape index (κ2) is 9.06. The highest BCUT2D eigenvalue weighted by molar-refractivity contribution is 5.86. The summed E-state index contributed by atoms with van der Waals surface area (Å²) in [6.45, 7) is 1.12. The molecular weight excluding hydrogens is 324 g/mol. The summed E-state index contributed by atoms with van der Waals surface area (Å²) < 4.78 is 0. The molecule has 1 aromatic rings. The maximum absolute atomic E-state index is 12.2. The van der Waals surface area contributed by atoms with E-state index in [1.807, 2.05) is 0 Å². The number of hydrogen-bond donors (Lipinski definition) is 3. The van der Waals surface area contributed by atoms with Crippen LogP contribution in [0.1, 0.15) is 56.9 Å². The van der Waals surface area contributed by atoms with E-state index in [2.05, 4.69) is 51.3 Å². The van der Waals surface area contributed by atoms with Crippen molar-refractivity contribution in [1.82, 2.24) is 16.0 Å². The van der Waals surface area contributed by atoms with E-state index in [0.29, 0.717) is 12.0 Å². The van der Waals surface area contributed by atoms with Crippen LogP contribution in [0, 0.1) is 0 Å². The predicted molar refractivity (Wildman–Crippen MR) is 106 cm³/mol. The average Bonchev–Trinajstić information content (AvgIpc) is 2.65. The standard InChI is InChI=1S/C21H32N4O/c1-22-20(23-15-19(26)25-18-11-6-3-7-12-18)24-16-21(13-8-14-21)17-9-4-2-5-10-17/h2,4-5,9-10,18H,3,6-8,11-16H2,1H3,(H,25,26)(H2,22,23,24). The summed E-state index contributed by atoms with van der Waals surface area (Å²) in [5.74, 6) is 0.757. The minimum atomic E-state index is 0.0567. The van der Waals surface area contributed by atoms with Gasteiger partial charge >= 0.3 is 0 Å². The van der Waals surface area contributed by atoms with Gasteiger partial charge in [-0.25, -0.2) is 0 Å². The van der Waals surface area contributed by atoms with Crippen molar-refractivity contribution in [3.05, 3.63) is 35.9 Å². The second-order valence-electron chi connectivity index (χ2n) is 7.68. The Kier molecular flexibility index (Phi) is 6.53. The first-order chi connectivity index (χ1) is 12.7. The van der Waals surface area contributed by atoms with Gasteiger partial charge in [0.2, 0.25) is 5.91 Å². The molecule has 3 rings (SSSR count). The highest BCUT2D eigenvalue weighted by Crippen LogP contribution is 2.43. The van der Waals surface area contributed by atoms with E-state index in [-0.39, 0.29) is 17.9 Å². The molecule has 0 bridgehead atoms. The number of rotatable bonds is 6. The quantitative estimate of drug-likeness (QED) is 0.542. The van der Waals surface area contributed by atoms with E-state index in [1.165, 1.54) is 44.1 Å². The fourth-order valence-electron chi connectivity index (χ4n) is 4.13. The smallest absolute Gasteiger partial charge is 0.239 e. The average molecular weight is 357 g/mol. The normalized spacial score (nSPS) is 20.1. The lowest BCUT2D eigenvalue weighted by Gasteiger charge is -2.43. The number of aliphatic imine (C=N–C) groups is 1. The molecule has 1 amide bonds. The minimum absolute atomic E-state index is 0.0567. The number of nitrogens with zero attached hydrogens (tertiary/aromatic N) is 1. The van der Waals surface area contributed by atoms with Crippen LogP contribution < -0.4 is 16.0 Å². The predicted octanol–water partition coefficient (Wildman–Crippen LogP) is 2.72. The van der Waals surface area contributed by atoms with Crippen molar-refractivity contribution < 1.29 is 4.79 Å². The molecule has 2 saturated carbocycles. The molecule has 0 spiro atoms. The van der Waals surface area contributed by atoms with Crippen molar-refractivity contribution in [3.63, 3.8) is 0 Å². The van der Waals surface area contributed by atoms with Gasteiger partial charge in [-0.15, -0.1) is 0 Å². The molecule has 0 aliphatic heterocycles. The van der Waals surface area contributed by atoms with Gasteiger partial charge in [0.05, 0.1) is 6.54 Å². The van der Waals surface area contributed by atoms with Gasteiger partial charge in [0.15, 0.2) is 5.96 Å². The number of nitrogens with one attached hydrogen (secondary N) is 3. The van der Waals surface area contributed by atoms with E-state index < -0.39 is 0 Å². The second-order valence-corrected chi connectivity index (χ2v) is 7.68. The Morgan fingerprint density at radius 3 is 2.42 bits per heavy atom. The summed E-state index contributed by atoms with van der Waals surface area (Å²) in [7, 11) is 1.75. The van der Waals surface area contributed by atoms with Crippen molar-refractivity contribution >= 4 is 11.9 Å². The molecule has 2 aliphatic rings. The monoisotopic (exact) mass is 356 g/mol. The molecule has 142 valence electrons. The number of carbonyl (C=O) groups excluding carboxylic acids is 1. The topological polar surface area (TPSA) is 65.5 Å². The van der Waals surface area contributed by atoms with Crippen molar-refractivity contribution in [2.75, 3.05) is 20.1 Å². The fourth-order valence-corrected chi connectivity index (χ4v) is 4.13. The molecule has 26 heavy (non-hydrogen) atoms. The Bertz CT molecular complexity index is 604. The van der Waals surface area contributed by atoms with E-state index in [4.69, 9.17) is 0 Å². The van der Waals surface area contributed by atoms with Crippen LogP contribution >= 0.6 is 0 Å². The largest absolute Gasteiger partial charge is 0.356 e. The molecule has 1 aromatic carbocycles. The molecule has 5 nitrogen and oxygen atoms in total. The van der Waals surface area contributed by atoms with E-state index in [9.17, 15) is 4.79 Å². The molecule has 0 saturated heterocycles. The Morgan fingerprint density at radius 2 is 1.81 bits per heavy atom. The molecule has 0 unspecified atom stereocenters. The van der Waals surface area contributed by atoms with Crippen molar-refractivity contribution in [3.8, 4) is 0 Å². The van der Waals surface area contributed by atoms with Gasteiger partial charge in [-0.3, -0.25) is 9.79 Å². The van der Waals surface area contributed by atoms with Crippen LogP contribution in [0.4, 0.5) is 0 Å². The zero-order valence-corrected chi connectivity index (χ0v) is 15.9. The van der Waals surface area contributed by atoms with Crippen molar-refractivity contribution in [2.24, 2.45) is 4.99 Å². The molecule has 2 fully saturated rings. The number of carbonyl (C=O) groups is 1. The van der Waals surface area contributed by atoms with E-state index >= 15 is 0 Å².